The fourth-order valence-electron chi connectivity index (χ4n) is 2.21. The Morgan fingerprint density at radius 1 is 1.42 bits per heavy atom. The van der Waals surface area contributed by atoms with Crippen molar-refractivity contribution < 1.29 is 9.84 Å². The molecule has 3 nitrogen and oxygen atoms in total. The van der Waals surface area contributed by atoms with E-state index in [-0.39, 0.29) is 6.04 Å². The summed E-state index contributed by atoms with van der Waals surface area (Å²) in [5.74, 6) is 1.03. The minimum Gasteiger partial charge on any atom is -0.496 e. The van der Waals surface area contributed by atoms with E-state index in [4.69, 9.17) is 4.74 Å². The second-order valence-electron chi connectivity index (χ2n) is 5.16. The third-order valence-electron chi connectivity index (χ3n) is 3.26. The van der Waals surface area contributed by atoms with Crippen LogP contribution in [-0.2, 0) is 0 Å². The van der Waals surface area contributed by atoms with Crippen molar-refractivity contribution in [2.24, 2.45) is 5.92 Å². The van der Waals surface area contributed by atoms with E-state index in [1.807, 2.05) is 25.1 Å². The van der Waals surface area contributed by atoms with E-state index in [0.29, 0.717) is 12.5 Å². The average Bonchev–Trinajstić information content (AvgIpc) is 2.38. The Labute approximate surface area is 116 Å². The van der Waals surface area contributed by atoms with Crippen LogP contribution in [0.2, 0.25) is 0 Å². The van der Waals surface area contributed by atoms with Gasteiger partial charge in [0.15, 0.2) is 0 Å². The first kappa shape index (κ1) is 15.7. The summed E-state index contributed by atoms with van der Waals surface area (Å²) in [5, 5.41) is 14.0. The van der Waals surface area contributed by atoms with Crippen molar-refractivity contribution in [1.82, 2.24) is 5.32 Å². The fraction of sp³-hybridized carbons (Fsp3) is 0.500. The molecule has 1 rings (SSSR count). The molecule has 0 bridgehead atoms. The molecule has 0 saturated heterocycles. The quantitative estimate of drug-likeness (QED) is 0.743. The molecule has 0 aliphatic rings. The van der Waals surface area contributed by atoms with Gasteiger partial charge in [-0.15, -0.1) is 6.58 Å². The first-order valence-electron chi connectivity index (χ1n) is 6.68. The van der Waals surface area contributed by atoms with Crippen LogP contribution in [0.3, 0.4) is 0 Å². The lowest BCUT2D eigenvalue weighted by Gasteiger charge is -2.28. The molecule has 0 aliphatic carbocycles. The molecule has 1 aromatic rings. The maximum absolute atomic E-state index is 10.6. The molecule has 2 N–H and O–H groups in total. The highest BCUT2D eigenvalue weighted by atomic mass is 16.5. The van der Waals surface area contributed by atoms with E-state index >= 15 is 0 Å². The second-order valence-corrected chi connectivity index (χ2v) is 5.16. The summed E-state index contributed by atoms with van der Waals surface area (Å²) in [4.78, 5) is 0. The number of hydrogen-bond donors (Lipinski definition) is 2. The van der Waals surface area contributed by atoms with Crippen LogP contribution in [0.25, 0.3) is 0 Å². The smallest absolute Gasteiger partial charge is 0.124 e. The third kappa shape index (κ3) is 4.08. The molecule has 0 amide bonds. The zero-order valence-corrected chi connectivity index (χ0v) is 12.3. The Hall–Kier alpha value is -1.32. The maximum Gasteiger partial charge on any atom is 0.124 e. The summed E-state index contributed by atoms with van der Waals surface area (Å²) in [6, 6.07) is 5.83. The van der Waals surface area contributed by atoms with Crippen LogP contribution in [0.5, 0.6) is 5.75 Å². The number of aliphatic hydroxyl groups is 1. The first-order chi connectivity index (χ1) is 9.01. The fourth-order valence-corrected chi connectivity index (χ4v) is 2.21. The zero-order valence-electron chi connectivity index (χ0n) is 12.3. The minimum atomic E-state index is -0.602. The molecule has 0 radical (unpaired) electrons. The van der Waals surface area contributed by atoms with Gasteiger partial charge in [-0.25, -0.2) is 0 Å². The highest BCUT2D eigenvalue weighted by Gasteiger charge is 2.25. The Morgan fingerprint density at radius 3 is 2.63 bits per heavy atom. The van der Waals surface area contributed by atoms with Crippen LogP contribution < -0.4 is 10.1 Å². The molecule has 2 unspecified atom stereocenters. The van der Waals surface area contributed by atoms with Gasteiger partial charge in [0.25, 0.3) is 0 Å². The van der Waals surface area contributed by atoms with Gasteiger partial charge < -0.3 is 15.2 Å². The summed E-state index contributed by atoms with van der Waals surface area (Å²) < 4.78 is 5.35. The zero-order chi connectivity index (χ0) is 14.4. The van der Waals surface area contributed by atoms with Gasteiger partial charge >= 0.3 is 0 Å². The van der Waals surface area contributed by atoms with Crippen LogP contribution in [0.15, 0.2) is 30.9 Å². The Balaban J connectivity index is 3.03. The molecule has 19 heavy (non-hydrogen) atoms. The van der Waals surface area contributed by atoms with Gasteiger partial charge in [0, 0.05) is 18.2 Å². The minimum absolute atomic E-state index is 0.0336. The molecule has 0 heterocycles. The average molecular weight is 263 g/mol. The van der Waals surface area contributed by atoms with Gasteiger partial charge in [-0.3, -0.25) is 0 Å². The van der Waals surface area contributed by atoms with E-state index in [9.17, 15) is 5.11 Å². The molecule has 0 spiro atoms. The highest BCUT2D eigenvalue weighted by Crippen LogP contribution is 2.30. The Kier molecular flexibility index (Phi) is 6.06. The molecule has 0 aromatic heterocycles. The molecule has 0 fully saturated rings. The van der Waals surface area contributed by atoms with Crippen molar-refractivity contribution in [3.8, 4) is 5.75 Å². The van der Waals surface area contributed by atoms with Gasteiger partial charge in [0.05, 0.1) is 13.2 Å². The first-order valence-corrected chi connectivity index (χ1v) is 6.68. The number of methoxy groups -OCH3 is 1. The lowest BCUT2D eigenvalue weighted by molar-refractivity contribution is 0.105. The second kappa shape index (κ2) is 7.31. The van der Waals surface area contributed by atoms with E-state index < -0.39 is 6.10 Å². The van der Waals surface area contributed by atoms with E-state index in [1.165, 1.54) is 0 Å². The monoisotopic (exact) mass is 263 g/mol. The Morgan fingerprint density at radius 2 is 2.11 bits per heavy atom. The third-order valence-corrected chi connectivity index (χ3v) is 3.26. The number of nitrogens with one attached hydrogen (secondary N) is 1. The van der Waals surface area contributed by atoms with Crippen LogP contribution in [0, 0.1) is 12.8 Å². The maximum atomic E-state index is 10.6. The summed E-state index contributed by atoms with van der Waals surface area (Å²) in [6.07, 6.45) is 1.20. The van der Waals surface area contributed by atoms with Crippen molar-refractivity contribution in [2.45, 2.75) is 32.9 Å². The molecular formula is C16H25NO2. The van der Waals surface area contributed by atoms with Crippen molar-refractivity contribution in [2.75, 3.05) is 13.7 Å². The van der Waals surface area contributed by atoms with Crippen molar-refractivity contribution >= 4 is 0 Å². The number of aryl methyl sites for hydroxylation is 1. The molecule has 0 saturated carbocycles. The number of ether oxygens (including phenoxy) is 1. The van der Waals surface area contributed by atoms with Crippen LogP contribution in [0.1, 0.15) is 31.1 Å². The topological polar surface area (TPSA) is 41.5 Å². The lowest BCUT2D eigenvalue weighted by atomic mass is 9.92. The Bertz CT molecular complexity index is 415. The van der Waals surface area contributed by atoms with Gasteiger partial charge in [-0.1, -0.05) is 31.6 Å². The van der Waals surface area contributed by atoms with Gasteiger partial charge in [-0.2, -0.15) is 0 Å². The van der Waals surface area contributed by atoms with Gasteiger partial charge in [0.1, 0.15) is 5.75 Å². The summed E-state index contributed by atoms with van der Waals surface area (Å²) >= 11 is 0. The number of rotatable bonds is 7. The highest BCUT2D eigenvalue weighted by molar-refractivity contribution is 5.39. The molecule has 0 aliphatic heterocycles. The molecule has 2 atom stereocenters. The van der Waals surface area contributed by atoms with E-state index in [1.54, 1.807) is 13.2 Å². The van der Waals surface area contributed by atoms with Crippen LogP contribution in [-0.4, -0.2) is 24.8 Å². The normalized spacial score (nSPS) is 14.2. The number of aliphatic hydroxyl groups excluding tert-OH is 1. The van der Waals surface area contributed by atoms with Crippen molar-refractivity contribution in [1.29, 1.82) is 0 Å². The molecule has 3 heteroatoms. The standard InChI is InChI=1S/C16H25NO2/c1-6-9-17-15(11(2)3)16(18)13-10-12(4)7-8-14(13)19-5/h6-8,10-11,15-18H,1,9H2,2-5H3. The SMILES string of the molecule is C=CCNC(C(C)C)C(O)c1cc(C)ccc1OC. The number of hydrogen-bond acceptors (Lipinski definition) is 3. The summed E-state index contributed by atoms with van der Waals surface area (Å²) in [7, 11) is 1.63. The molecule has 106 valence electrons. The predicted octanol–water partition coefficient (Wildman–Crippen LogP) is 2.84. The summed E-state index contributed by atoms with van der Waals surface area (Å²) in [6.45, 7) is 10.6. The number of benzene rings is 1. The van der Waals surface area contributed by atoms with Crippen molar-refractivity contribution in [3.05, 3.63) is 42.0 Å². The van der Waals surface area contributed by atoms with Gasteiger partial charge in [0.2, 0.25) is 0 Å². The van der Waals surface area contributed by atoms with E-state index in [0.717, 1.165) is 16.9 Å². The van der Waals surface area contributed by atoms with Crippen LogP contribution >= 0.6 is 0 Å². The lowest BCUT2D eigenvalue weighted by Crippen LogP contribution is -2.39. The molecule has 1 aromatic carbocycles. The molecular weight excluding hydrogens is 238 g/mol. The van der Waals surface area contributed by atoms with Gasteiger partial charge in [-0.05, 0) is 25.0 Å². The van der Waals surface area contributed by atoms with E-state index in [2.05, 4.69) is 25.7 Å². The largest absolute Gasteiger partial charge is 0.496 e. The van der Waals surface area contributed by atoms with Crippen molar-refractivity contribution in [3.63, 3.8) is 0 Å². The van der Waals surface area contributed by atoms with Crippen LogP contribution in [0.4, 0.5) is 0 Å². The predicted molar refractivity (Wildman–Crippen MR) is 79.5 cm³/mol. The summed E-state index contributed by atoms with van der Waals surface area (Å²) in [5.41, 5.74) is 1.94.